The molecule has 0 bridgehead atoms. The third-order valence-electron chi connectivity index (χ3n) is 3.17. The summed E-state index contributed by atoms with van der Waals surface area (Å²) in [6.45, 7) is 11.7. The van der Waals surface area contributed by atoms with Crippen molar-refractivity contribution in [2.24, 2.45) is 5.41 Å². The first-order chi connectivity index (χ1) is 7.65. The molecule has 0 aliphatic carbocycles. The van der Waals surface area contributed by atoms with Gasteiger partial charge in [0.05, 0.1) is 6.26 Å². The molecule has 0 aromatic heterocycles. The molecule has 0 N–H and O–H groups in total. The quantitative estimate of drug-likeness (QED) is 0.694. The normalized spacial score (nSPS) is 26.8. The Labute approximate surface area is 104 Å². The summed E-state index contributed by atoms with van der Waals surface area (Å²) in [7, 11) is 0. The molecular weight excluding hydrogens is 216 g/mol. The van der Waals surface area contributed by atoms with Gasteiger partial charge in [-0.1, -0.05) is 20.8 Å². The Hall–Kier alpha value is -0.990. The van der Waals surface area contributed by atoms with Crippen molar-refractivity contribution in [1.82, 2.24) is 0 Å². The topological polar surface area (TPSA) is 35.5 Å². The Balaban J connectivity index is 2.94. The smallest absolute Gasteiger partial charge is 0.303 e. The number of carbonyl (C=O) groups is 1. The highest BCUT2D eigenvalue weighted by atomic mass is 16.6. The lowest BCUT2D eigenvalue weighted by Crippen LogP contribution is -2.51. The van der Waals surface area contributed by atoms with Gasteiger partial charge in [0, 0.05) is 12.3 Å². The minimum Gasteiger partial charge on any atom is -0.491 e. The number of hydrogen-bond donors (Lipinski definition) is 0. The number of allylic oxidation sites excluding steroid dienone is 1. The van der Waals surface area contributed by atoms with Crippen molar-refractivity contribution in [3.63, 3.8) is 0 Å². The van der Waals surface area contributed by atoms with Crippen LogP contribution in [0.15, 0.2) is 11.8 Å². The van der Waals surface area contributed by atoms with Gasteiger partial charge >= 0.3 is 5.97 Å². The van der Waals surface area contributed by atoms with E-state index in [0.29, 0.717) is 0 Å². The Morgan fingerprint density at radius 2 is 2.12 bits per heavy atom. The molecule has 2 atom stereocenters. The fourth-order valence-electron chi connectivity index (χ4n) is 2.37. The molecule has 0 amide bonds. The molecule has 0 spiro atoms. The predicted octanol–water partition coefficient (Wildman–Crippen LogP) is 3.44. The van der Waals surface area contributed by atoms with Crippen LogP contribution in [0.4, 0.5) is 0 Å². The largest absolute Gasteiger partial charge is 0.491 e. The fourth-order valence-corrected chi connectivity index (χ4v) is 2.37. The van der Waals surface area contributed by atoms with E-state index < -0.39 is 5.60 Å². The van der Waals surface area contributed by atoms with Gasteiger partial charge in [-0.15, -0.1) is 0 Å². The van der Waals surface area contributed by atoms with Crippen LogP contribution < -0.4 is 0 Å². The van der Waals surface area contributed by atoms with Gasteiger partial charge in [-0.25, -0.2) is 0 Å². The van der Waals surface area contributed by atoms with Crippen LogP contribution in [0.2, 0.25) is 0 Å². The van der Waals surface area contributed by atoms with Crippen LogP contribution in [-0.2, 0) is 14.3 Å². The van der Waals surface area contributed by atoms with Gasteiger partial charge in [0.1, 0.15) is 11.7 Å². The summed E-state index contributed by atoms with van der Waals surface area (Å²) >= 11 is 0. The van der Waals surface area contributed by atoms with E-state index >= 15 is 0 Å². The minimum atomic E-state index is -0.427. The zero-order valence-corrected chi connectivity index (χ0v) is 11.8. The zero-order chi connectivity index (χ0) is 13.3. The van der Waals surface area contributed by atoms with Gasteiger partial charge in [0.2, 0.25) is 0 Å². The molecule has 0 radical (unpaired) electrons. The maximum Gasteiger partial charge on any atom is 0.303 e. The van der Waals surface area contributed by atoms with E-state index in [1.54, 1.807) is 6.26 Å². The molecule has 1 aliphatic heterocycles. The second-order valence-electron chi connectivity index (χ2n) is 6.25. The van der Waals surface area contributed by atoms with Crippen molar-refractivity contribution in [2.45, 2.75) is 66.1 Å². The van der Waals surface area contributed by atoms with Crippen LogP contribution in [-0.4, -0.2) is 17.7 Å². The van der Waals surface area contributed by atoms with Crippen LogP contribution in [0, 0.1) is 5.41 Å². The second-order valence-corrected chi connectivity index (χ2v) is 6.25. The standard InChI is InChI=1S/C14H24O3/c1-10-7-8-14(6,16-9-10)12(13(3,4)5)17-11(2)15/h9,12H,7-8H2,1-6H3/t12?,14-/m0/s1. The summed E-state index contributed by atoms with van der Waals surface area (Å²) in [5.74, 6) is -0.249. The molecule has 3 nitrogen and oxygen atoms in total. The third kappa shape index (κ3) is 3.48. The first-order valence-electron chi connectivity index (χ1n) is 6.16. The molecule has 17 heavy (non-hydrogen) atoms. The predicted molar refractivity (Wildman–Crippen MR) is 67.5 cm³/mol. The van der Waals surface area contributed by atoms with Crippen molar-refractivity contribution in [2.75, 3.05) is 0 Å². The van der Waals surface area contributed by atoms with E-state index in [1.165, 1.54) is 12.5 Å². The summed E-state index contributed by atoms with van der Waals surface area (Å²) in [5, 5.41) is 0. The number of rotatable bonds is 2. The second kappa shape index (κ2) is 4.71. The van der Waals surface area contributed by atoms with E-state index in [0.717, 1.165) is 12.8 Å². The fraction of sp³-hybridized carbons (Fsp3) is 0.786. The SMILES string of the molecule is CC(=O)OC(C(C)(C)C)[C@]1(C)CCC(C)=CO1. The van der Waals surface area contributed by atoms with E-state index in [-0.39, 0.29) is 17.5 Å². The van der Waals surface area contributed by atoms with Crippen LogP contribution in [0.1, 0.15) is 54.4 Å². The lowest BCUT2D eigenvalue weighted by atomic mass is 9.76. The Morgan fingerprint density at radius 1 is 1.53 bits per heavy atom. The number of carbonyl (C=O) groups excluding carboxylic acids is 1. The van der Waals surface area contributed by atoms with Gasteiger partial charge in [-0.3, -0.25) is 4.79 Å². The first kappa shape index (κ1) is 14.1. The molecule has 3 heteroatoms. The van der Waals surface area contributed by atoms with Gasteiger partial charge in [0.25, 0.3) is 0 Å². The number of ether oxygens (including phenoxy) is 2. The minimum absolute atomic E-state index is 0.139. The summed E-state index contributed by atoms with van der Waals surface area (Å²) < 4.78 is 11.3. The van der Waals surface area contributed by atoms with Gasteiger partial charge in [-0.2, -0.15) is 0 Å². The maximum atomic E-state index is 11.3. The van der Waals surface area contributed by atoms with Gasteiger partial charge in [0.15, 0.2) is 0 Å². The molecule has 0 fully saturated rings. The molecule has 98 valence electrons. The highest BCUT2D eigenvalue weighted by Crippen LogP contribution is 2.39. The molecule has 0 aromatic rings. The monoisotopic (exact) mass is 240 g/mol. The summed E-state index contributed by atoms with van der Waals surface area (Å²) in [4.78, 5) is 11.3. The van der Waals surface area contributed by atoms with Gasteiger partial charge < -0.3 is 9.47 Å². The van der Waals surface area contributed by atoms with Crippen molar-refractivity contribution < 1.29 is 14.3 Å². The van der Waals surface area contributed by atoms with Crippen molar-refractivity contribution >= 4 is 5.97 Å². The molecule has 0 aromatic carbocycles. The molecular formula is C14H24O3. The number of hydrogen-bond acceptors (Lipinski definition) is 3. The Morgan fingerprint density at radius 3 is 2.47 bits per heavy atom. The average molecular weight is 240 g/mol. The van der Waals surface area contributed by atoms with Crippen molar-refractivity contribution in [1.29, 1.82) is 0 Å². The van der Waals surface area contributed by atoms with Crippen molar-refractivity contribution in [3.8, 4) is 0 Å². The Kier molecular flexibility index (Phi) is 3.90. The summed E-state index contributed by atoms with van der Waals surface area (Å²) in [5.41, 5.74) is 0.668. The van der Waals surface area contributed by atoms with Crippen LogP contribution in [0.3, 0.4) is 0 Å². The Bertz CT molecular complexity index is 325. The molecule has 1 aliphatic rings. The van der Waals surface area contributed by atoms with Crippen LogP contribution in [0.25, 0.3) is 0 Å². The van der Waals surface area contributed by atoms with Gasteiger partial charge in [-0.05, 0) is 32.3 Å². The number of esters is 1. The zero-order valence-electron chi connectivity index (χ0n) is 11.8. The maximum absolute atomic E-state index is 11.3. The average Bonchev–Trinajstić information content (AvgIpc) is 2.17. The molecule has 1 unspecified atom stereocenters. The van der Waals surface area contributed by atoms with E-state index in [9.17, 15) is 4.79 Å². The first-order valence-corrected chi connectivity index (χ1v) is 6.16. The van der Waals surface area contributed by atoms with Crippen LogP contribution in [0.5, 0.6) is 0 Å². The highest BCUT2D eigenvalue weighted by molar-refractivity contribution is 5.66. The van der Waals surface area contributed by atoms with Crippen molar-refractivity contribution in [3.05, 3.63) is 11.8 Å². The van der Waals surface area contributed by atoms with Crippen LogP contribution >= 0.6 is 0 Å². The van der Waals surface area contributed by atoms with E-state index in [1.807, 2.05) is 6.92 Å². The molecule has 1 rings (SSSR count). The molecule has 1 heterocycles. The molecule has 0 saturated heterocycles. The third-order valence-corrected chi connectivity index (χ3v) is 3.17. The van der Waals surface area contributed by atoms with E-state index in [2.05, 4.69) is 27.7 Å². The summed E-state index contributed by atoms with van der Waals surface area (Å²) in [6.07, 6.45) is 3.43. The lowest BCUT2D eigenvalue weighted by Gasteiger charge is -2.44. The highest BCUT2D eigenvalue weighted by Gasteiger charge is 2.46. The lowest BCUT2D eigenvalue weighted by molar-refractivity contribution is -0.179. The summed E-state index contributed by atoms with van der Waals surface area (Å²) in [6, 6.07) is 0. The molecule has 0 saturated carbocycles. The van der Waals surface area contributed by atoms with E-state index in [4.69, 9.17) is 9.47 Å².